The minimum Gasteiger partial charge on any atom is -0.284 e. The maximum absolute atomic E-state index is 13.0. The third kappa shape index (κ3) is 2.48. The van der Waals surface area contributed by atoms with Crippen molar-refractivity contribution in [3.63, 3.8) is 0 Å². The van der Waals surface area contributed by atoms with Crippen LogP contribution in [0.3, 0.4) is 0 Å². The third-order valence-corrected chi connectivity index (χ3v) is 4.20. The number of nitrogens with zero attached hydrogens (tertiary/aromatic N) is 2. The van der Waals surface area contributed by atoms with Crippen LogP contribution in [-0.4, -0.2) is 34.4 Å². The van der Waals surface area contributed by atoms with Crippen LogP contribution in [-0.2, 0) is 0 Å². The van der Waals surface area contributed by atoms with E-state index in [0.717, 1.165) is 10.8 Å². The van der Waals surface area contributed by atoms with Crippen molar-refractivity contribution in [3.05, 3.63) is 58.1 Å². The normalized spacial score (nSPS) is 14.0. The molecule has 116 valence electrons. The van der Waals surface area contributed by atoms with Crippen LogP contribution in [0.1, 0.15) is 31.1 Å². The molecule has 0 saturated carbocycles. The molecule has 1 atom stereocenters. The van der Waals surface area contributed by atoms with Crippen LogP contribution < -0.4 is 0 Å². The Bertz CT molecular complexity index is 705. The van der Waals surface area contributed by atoms with Gasteiger partial charge in [0, 0.05) is 25.6 Å². The number of likely N-dealkylation sites (N-methyl/N-ethyl adjacent to an activating group) is 1. The summed E-state index contributed by atoms with van der Waals surface area (Å²) in [5.41, 5.74) is -1.36. The number of fused-ring (bicyclic) bond motifs is 1. The summed E-state index contributed by atoms with van der Waals surface area (Å²) in [6.45, 7) is 5.91. The van der Waals surface area contributed by atoms with E-state index in [1.807, 2.05) is 44.2 Å². The van der Waals surface area contributed by atoms with Gasteiger partial charge in [-0.1, -0.05) is 56.3 Å². The Hall–Kier alpha value is -2.27. The second-order valence-electron chi connectivity index (χ2n) is 5.31. The van der Waals surface area contributed by atoms with Crippen molar-refractivity contribution in [2.24, 2.45) is 0 Å². The van der Waals surface area contributed by atoms with Gasteiger partial charge in [-0.25, -0.2) is 4.90 Å². The number of hydrogen-bond donors (Lipinski definition) is 0. The molecule has 0 radical (unpaired) electrons. The van der Waals surface area contributed by atoms with Crippen LogP contribution >= 0.6 is 0 Å². The van der Waals surface area contributed by atoms with Crippen LogP contribution in [0.2, 0.25) is 0 Å². The molecule has 22 heavy (non-hydrogen) atoms. The summed E-state index contributed by atoms with van der Waals surface area (Å²) in [5.74, 6) is -0.474. The molecule has 0 fully saturated rings. The molecule has 0 saturated heterocycles. The number of nitro groups is 1. The molecule has 0 aromatic heterocycles. The SMILES string of the molecule is CCN(CC)C(C)(C(=O)c1cccc2ccccc12)[N+](=O)[O-]. The number of Topliss-reactive ketones (excluding diaryl/α,β-unsaturated/α-hetero) is 1. The summed E-state index contributed by atoms with van der Waals surface area (Å²) in [6, 6.07) is 12.8. The molecule has 2 rings (SSSR count). The first kappa shape index (κ1) is 16.1. The van der Waals surface area contributed by atoms with Gasteiger partial charge in [0.1, 0.15) is 0 Å². The molecule has 0 heterocycles. The summed E-state index contributed by atoms with van der Waals surface area (Å²) in [5, 5.41) is 13.3. The van der Waals surface area contributed by atoms with Crippen molar-refractivity contribution < 1.29 is 9.72 Å². The molecule has 5 nitrogen and oxygen atoms in total. The molecule has 0 spiro atoms. The van der Waals surface area contributed by atoms with E-state index < -0.39 is 16.4 Å². The zero-order valence-corrected chi connectivity index (χ0v) is 13.1. The molecule has 2 aromatic carbocycles. The first-order chi connectivity index (χ1) is 10.5. The minimum absolute atomic E-state index is 0.393. The van der Waals surface area contributed by atoms with Crippen LogP contribution in [0.5, 0.6) is 0 Å². The highest BCUT2D eigenvalue weighted by atomic mass is 16.6. The fourth-order valence-corrected chi connectivity index (χ4v) is 2.86. The first-order valence-electron chi connectivity index (χ1n) is 7.38. The fourth-order valence-electron chi connectivity index (χ4n) is 2.86. The molecule has 5 heteroatoms. The molecule has 1 unspecified atom stereocenters. The Kier molecular flexibility index (Phi) is 4.56. The summed E-state index contributed by atoms with van der Waals surface area (Å²) in [4.78, 5) is 25.8. The predicted molar refractivity (Wildman–Crippen MR) is 86.6 cm³/mol. The van der Waals surface area contributed by atoms with Gasteiger partial charge >= 0.3 is 5.66 Å². The van der Waals surface area contributed by atoms with Crippen molar-refractivity contribution in [2.75, 3.05) is 13.1 Å². The highest BCUT2D eigenvalue weighted by Gasteiger charge is 2.50. The lowest BCUT2D eigenvalue weighted by Gasteiger charge is -2.31. The van der Waals surface area contributed by atoms with Gasteiger partial charge in [-0.3, -0.25) is 14.9 Å². The van der Waals surface area contributed by atoms with E-state index in [2.05, 4.69) is 0 Å². The second kappa shape index (κ2) is 6.23. The lowest BCUT2D eigenvalue weighted by molar-refractivity contribution is -0.575. The van der Waals surface area contributed by atoms with Crippen molar-refractivity contribution in [1.82, 2.24) is 4.90 Å². The largest absolute Gasteiger partial charge is 0.337 e. The minimum atomic E-state index is -1.76. The van der Waals surface area contributed by atoms with Crippen LogP contribution in [0, 0.1) is 10.1 Å². The van der Waals surface area contributed by atoms with E-state index in [1.165, 1.54) is 6.92 Å². The lowest BCUT2D eigenvalue weighted by atomic mass is 9.93. The Morgan fingerprint density at radius 3 is 2.32 bits per heavy atom. The van der Waals surface area contributed by atoms with E-state index in [4.69, 9.17) is 0 Å². The first-order valence-corrected chi connectivity index (χ1v) is 7.38. The van der Waals surface area contributed by atoms with E-state index in [-0.39, 0.29) is 0 Å². The summed E-state index contributed by atoms with van der Waals surface area (Å²) in [6.07, 6.45) is 0. The fraction of sp³-hybridized carbons (Fsp3) is 0.353. The average molecular weight is 300 g/mol. The number of benzene rings is 2. The predicted octanol–water partition coefficient (Wildman–Crippen LogP) is 3.36. The topological polar surface area (TPSA) is 63.5 Å². The molecular weight excluding hydrogens is 280 g/mol. The molecule has 0 aliphatic carbocycles. The van der Waals surface area contributed by atoms with E-state index in [0.29, 0.717) is 18.7 Å². The molecular formula is C17H20N2O3. The van der Waals surface area contributed by atoms with E-state index in [1.54, 1.807) is 17.0 Å². The van der Waals surface area contributed by atoms with Crippen molar-refractivity contribution in [2.45, 2.75) is 26.4 Å². The van der Waals surface area contributed by atoms with Gasteiger partial charge in [0.05, 0.1) is 4.92 Å². The number of ketones is 1. The van der Waals surface area contributed by atoms with Crippen LogP contribution in [0.15, 0.2) is 42.5 Å². The summed E-state index contributed by atoms with van der Waals surface area (Å²) in [7, 11) is 0. The monoisotopic (exact) mass is 300 g/mol. The van der Waals surface area contributed by atoms with Gasteiger partial charge < -0.3 is 0 Å². The molecule has 0 aliphatic rings. The van der Waals surface area contributed by atoms with E-state index in [9.17, 15) is 14.9 Å². The van der Waals surface area contributed by atoms with Crippen LogP contribution in [0.25, 0.3) is 10.8 Å². The number of carbonyl (C=O) groups is 1. The van der Waals surface area contributed by atoms with E-state index >= 15 is 0 Å². The summed E-state index contributed by atoms with van der Waals surface area (Å²) < 4.78 is 0. The Labute approximate surface area is 129 Å². The Balaban J connectivity index is 2.62. The third-order valence-electron chi connectivity index (χ3n) is 4.20. The zero-order chi connectivity index (χ0) is 16.3. The van der Waals surface area contributed by atoms with Crippen LogP contribution in [0.4, 0.5) is 0 Å². The van der Waals surface area contributed by atoms with Gasteiger partial charge in [-0.15, -0.1) is 0 Å². The number of hydrogen-bond acceptors (Lipinski definition) is 4. The lowest BCUT2D eigenvalue weighted by Crippen LogP contribution is -2.57. The Morgan fingerprint density at radius 2 is 1.73 bits per heavy atom. The van der Waals surface area contributed by atoms with Crippen molar-refractivity contribution in [3.8, 4) is 0 Å². The number of carbonyl (C=O) groups excluding carboxylic acids is 1. The van der Waals surface area contributed by atoms with Gasteiger partial charge in [0.25, 0.3) is 5.78 Å². The van der Waals surface area contributed by atoms with Crippen molar-refractivity contribution >= 4 is 16.6 Å². The van der Waals surface area contributed by atoms with Gasteiger partial charge in [-0.05, 0) is 10.8 Å². The highest BCUT2D eigenvalue weighted by molar-refractivity contribution is 6.11. The molecule has 0 amide bonds. The molecule has 2 aromatic rings. The maximum Gasteiger partial charge on any atom is 0.337 e. The quantitative estimate of drug-likeness (QED) is 0.355. The Morgan fingerprint density at radius 1 is 1.14 bits per heavy atom. The highest BCUT2D eigenvalue weighted by Crippen LogP contribution is 2.26. The van der Waals surface area contributed by atoms with Gasteiger partial charge in [0.2, 0.25) is 0 Å². The maximum atomic E-state index is 13.0. The summed E-state index contributed by atoms with van der Waals surface area (Å²) >= 11 is 0. The average Bonchev–Trinajstić information content (AvgIpc) is 2.54. The molecule has 0 aliphatic heterocycles. The second-order valence-corrected chi connectivity index (χ2v) is 5.31. The van der Waals surface area contributed by atoms with Crippen molar-refractivity contribution in [1.29, 1.82) is 0 Å². The number of rotatable bonds is 6. The van der Waals surface area contributed by atoms with Gasteiger partial charge in [-0.2, -0.15) is 0 Å². The van der Waals surface area contributed by atoms with Gasteiger partial charge in [0.15, 0.2) is 0 Å². The standard InChI is InChI=1S/C17H20N2O3/c1-4-18(5-2)17(3,19(21)22)16(20)15-12-8-10-13-9-6-7-11-14(13)15/h6-12H,4-5H2,1-3H3. The smallest absolute Gasteiger partial charge is 0.284 e. The zero-order valence-electron chi connectivity index (χ0n) is 13.1. The molecule has 0 bridgehead atoms. The molecule has 0 N–H and O–H groups in total.